The fourth-order valence-electron chi connectivity index (χ4n) is 2.91. The van der Waals surface area contributed by atoms with Crippen LogP contribution in [0, 0.1) is 6.92 Å². The zero-order chi connectivity index (χ0) is 19.1. The molecule has 27 heavy (non-hydrogen) atoms. The van der Waals surface area contributed by atoms with Crippen molar-refractivity contribution >= 4 is 11.6 Å². The van der Waals surface area contributed by atoms with Gasteiger partial charge in [-0.25, -0.2) is 0 Å². The van der Waals surface area contributed by atoms with Crippen LogP contribution in [0.25, 0.3) is 0 Å². The molecule has 0 saturated heterocycles. The van der Waals surface area contributed by atoms with E-state index in [0.717, 1.165) is 22.6 Å². The molecule has 0 saturated carbocycles. The van der Waals surface area contributed by atoms with Crippen LogP contribution in [0.3, 0.4) is 0 Å². The number of ether oxygens (including phenoxy) is 1. The maximum Gasteiger partial charge on any atom is 0.238 e. The number of nitrogens with one attached hydrogen (secondary N) is 2. The summed E-state index contributed by atoms with van der Waals surface area (Å²) in [5.41, 5.74) is 4.21. The van der Waals surface area contributed by atoms with Gasteiger partial charge in [0.25, 0.3) is 0 Å². The second kappa shape index (κ2) is 9.01. The molecule has 1 amide bonds. The topological polar surface area (TPSA) is 50.4 Å². The number of aryl methyl sites for hydroxylation is 1. The summed E-state index contributed by atoms with van der Waals surface area (Å²) < 4.78 is 5.13. The molecule has 0 bridgehead atoms. The average Bonchev–Trinajstić information content (AvgIpc) is 2.71. The van der Waals surface area contributed by atoms with Gasteiger partial charge >= 0.3 is 0 Å². The lowest BCUT2D eigenvalue weighted by Gasteiger charge is -2.20. The maximum atomic E-state index is 12.4. The van der Waals surface area contributed by atoms with Crippen LogP contribution in [0.1, 0.15) is 22.7 Å². The van der Waals surface area contributed by atoms with Gasteiger partial charge in [-0.2, -0.15) is 0 Å². The van der Waals surface area contributed by atoms with Crippen molar-refractivity contribution in [3.05, 3.63) is 95.6 Å². The summed E-state index contributed by atoms with van der Waals surface area (Å²) >= 11 is 0. The molecule has 1 atom stereocenters. The number of hydrogen-bond acceptors (Lipinski definition) is 3. The van der Waals surface area contributed by atoms with Gasteiger partial charge in [-0.05, 0) is 42.3 Å². The Labute approximate surface area is 160 Å². The Hall–Kier alpha value is -3.11. The van der Waals surface area contributed by atoms with E-state index >= 15 is 0 Å². The van der Waals surface area contributed by atoms with Gasteiger partial charge in [-0.3, -0.25) is 10.1 Å². The third-order valence-electron chi connectivity index (χ3n) is 4.38. The number of benzene rings is 3. The van der Waals surface area contributed by atoms with E-state index in [-0.39, 0.29) is 18.5 Å². The molecule has 3 aromatic rings. The summed E-state index contributed by atoms with van der Waals surface area (Å²) in [5, 5.41) is 6.28. The highest BCUT2D eigenvalue weighted by atomic mass is 16.5. The van der Waals surface area contributed by atoms with Gasteiger partial charge in [-0.1, -0.05) is 60.2 Å². The lowest BCUT2D eigenvalue weighted by Crippen LogP contribution is -2.31. The van der Waals surface area contributed by atoms with Gasteiger partial charge in [-0.15, -0.1) is 0 Å². The predicted octanol–water partition coefficient (Wildman–Crippen LogP) is 4.32. The fraction of sp³-hybridized carbons (Fsp3) is 0.174. The van der Waals surface area contributed by atoms with Gasteiger partial charge in [0.15, 0.2) is 0 Å². The van der Waals surface area contributed by atoms with Crippen LogP contribution in [0.15, 0.2) is 78.9 Å². The number of anilines is 1. The third-order valence-corrected chi connectivity index (χ3v) is 4.38. The van der Waals surface area contributed by atoms with Crippen LogP contribution in [-0.4, -0.2) is 19.6 Å². The van der Waals surface area contributed by atoms with Crippen LogP contribution < -0.4 is 15.4 Å². The van der Waals surface area contributed by atoms with Gasteiger partial charge in [0.05, 0.1) is 19.7 Å². The molecule has 0 radical (unpaired) electrons. The number of hydrogen-bond donors (Lipinski definition) is 2. The second-order valence-corrected chi connectivity index (χ2v) is 6.41. The molecule has 3 rings (SSSR count). The molecule has 0 spiro atoms. The minimum absolute atomic E-state index is 0.0478. The molecule has 138 valence electrons. The fourth-order valence-corrected chi connectivity index (χ4v) is 2.91. The van der Waals surface area contributed by atoms with Crippen LogP contribution in [0.4, 0.5) is 5.69 Å². The summed E-state index contributed by atoms with van der Waals surface area (Å²) in [4.78, 5) is 12.4. The first kappa shape index (κ1) is 18.7. The van der Waals surface area contributed by atoms with E-state index in [0.29, 0.717) is 0 Å². The van der Waals surface area contributed by atoms with E-state index < -0.39 is 0 Å². The minimum Gasteiger partial charge on any atom is -0.497 e. The molecule has 0 fully saturated rings. The van der Waals surface area contributed by atoms with E-state index in [4.69, 9.17) is 4.74 Å². The standard InChI is InChI=1S/C23H24N2O2/c1-17-8-10-19(11-9-17)23(18-6-4-3-5-7-18)24-16-22(26)25-20-12-14-21(27-2)15-13-20/h3-15,23-24H,16H2,1-2H3,(H,25,26)/t23-/m1/s1. The van der Waals surface area contributed by atoms with Crippen molar-refractivity contribution in [2.75, 3.05) is 19.0 Å². The molecule has 4 heteroatoms. The molecule has 0 aliphatic heterocycles. The number of methoxy groups -OCH3 is 1. The number of carbonyl (C=O) groups is 1. The van der Waals surface area contributed by atoms with E-state index in [2.05, 4.69) is 54.0 Å². The smallest absolute Gasteiger partial charge is 0.238 e. The Bertz CT molecular complexity index is 859. The van der Waals surface area contributed by atoms with Crippen molar-refractivity contribution in [3.8, 4) is 5.75 Å². The number of amides is 1. The van der Waals surface area contributed by atoms with Crippen molar-refractivity contribution in [1.29, 1.82) is 0 Å². The number of rotatable bonds is 7. The Morgan fingerprint density at radius 1 is 0.889 bits per heavy atom. The molecular weight excluding hydrogens is 336 g/mol. The molecule has 0 aliphatic rings. The highest BCUT2D eigenvalue weighted by molar-refractivity contribution is 5.92. The monoisotopic (exact) mass is 360 g/mol. The highest BCUT2D eigenvalue weighted by Crippen LogP contribution is 2.22. The lowest BCUT2D eigenvalue weighted by molar-refractivity contribution is -0.115. The van der Waals surface area contributed by atoms with Crippen LogP contribution in [0.5, 0.6) is 5.75 Å². The predicted molar refractivity (Wildman–Crippen MR) is 109 cm³/mol. The van der Waals surface area contributed by atoms with Gasteiger partial charge in [0.1, 0.15) is 5.75 Å². The van der Waals surface area contributed by atoms with E-state index in [1.165, 1.54) is 5.56 Å². The van der Waals surface area contributed by atoms with Crippen molar-refractivity contribution in [3.63, 3.8) is 0 Å². The zero-order valence-electron chi connectivity index (χ0n) is 15.6. The Morgan fingerprint density at radius 2 is 1.52 bits per heavy atom. The molecule has 0 aliphatic carbocycles. The van der Waals surface area contributed by atoms with Gasteiger partial charge in [0.2, 0.25) is 5.91 Å². The van der Waals surface area contributed by atoms with E-state index in [1.807, 2.05) is 42.5 Å². The highest BCUT2D eigenvalue weighted by Gasteiger charge is 2.15. The molecule has 0 aromatic heterocycles. The normalized spacial score (nSPS) is 11.6. The molecular formula is C23H24N2O2. The van der Waals surface area contributed by atoms with Crippen LogP contribution in [-0.2, 0) is 4.79 Å². The molecule has 4 nitrogen and oxygen atoms in total. The molecule has 3 aromatic carbocycles. The number of carbonyl (C=O) groups excluding carboxylic acids is 1. The van der Waals surface area contributed by atoms with Crippen LogP contribution in [0.2, 0.25) is 0 Å². The first-order valence-electron chi connectivity index (χ1n) is 8.94. The lowest BCUT2D eigenvalue weighted by atomic mass is 9.98. The van der Waals surface area contributed by atoms with Crippen molar-refractivity contribution in [2.45, 2.75) is 13.0 Å². The molecule has 0 heterocycles. The summed E-state index contributed by atoms with van der Waals surface area (Å²) in [7, 11) is 1.62. The maximum absolute atomic E-state index is 12.4. The van der Waals surface area contributed by atoms with Crippen molar-refractivity contribution in [2.24, 2.45) is 0 Å². The molecule has 2 N–H and O–H groups in total. The third kappa shape index (κ3) is 5.19. The van der Waals surface area contributed by atoms with Gasteiger partial charge < -0.3 is 10.1 Å². The van der Waals surface area contributed by atoms with E-state index in [9.17, 15) is 4.79 Å². The summed E-state index contributed by atoms with van der Waals surface area (Å²) in [6, 6.07) is 25.8. The summed E-state index contributed by atoms with van der Waals surface area (Å²) in [6.07, 6.45) is 0. The molecule has 0 unspecified atom stereocenters. The Kier molecular flexibility index (Phi) is 6.23. The minimum atomic E-state index is -0.0896. The second-order valence-electron chi connectivity index (χ2n) is 6.41. The Balaban J connectivity index is 1.68. The van der Waals surface area contributed by atoms with Crippen molar-refractivity contribution in [1.82, 2.24) is 5.32 Å². The van der Waals surface area contributed by atoms with E-state index in [1.54, 1.807) is 7.11 Å². The summed E-state index contributed by atoms with van der Waals surface area (Å²) in [5.74, 6) is 0.669. The quantitative estimate of drug-likeness (QED) is 0.660. The Morgan fingerprint density at radius 3 is 2.15 bits per heavy atom. The van der Waals surface area contributed by atoms with Gasteiger partial charge in [0, 0.05) is 5.69 Å². The largest absolute Gasteiger partial charge is 0.497 e. The average molecular weight is 360 g/mol. The van der Waals surface area contributed by atoms with Crippen LogP contribution >= 0.6 is 0 Å². The first-order valence-corrected chi connectivity index (χ1v) is 8.94. The van der Waals surface area contributed by atoms with Crippen molar-refractivity contribution < 1.29 is 9.53 Å². The SMILES string of the molecule is COc1ccc(NC(=O)CN[C@H](c2ccccc2)c2ccc(C)cc2)cc1. The zero-order valence-corrected chi connectivity index (χ0v) is 15.6. The first-order chi connectivity index (χ1) is 13.2. The summed E-state index contributed by atoms with van der Waals surface area (Å²) in [6.45, 7) is 2.27.